The molecule has 0 aliphatic rings. The first kappa shape index (κ1) is 19.7. The first-order chi connectivity index (χ1) is 8.60. The SMILES string of the molecule is CC[N+](C)(C)CCCC(=O)O.O=C([O-])CCC(=O)O. The van der Waals surface area contributed by atoms with E-state index >= 15 is 0 Å². The summed E-state index contributed by atoms with van der Waals surface area (Å²) in [5, 5.41) is 25.8. The summed E-state index contributed by atoms with van der Waals surface area (Å²) in [7, 11) is 4.23. The van der Waals surface area contributed by atoms with Crippen LogP contribution in [-0.4, -0.2) is 59.8 Å². The topological polar surface area (TPSA) is 115 Å². The number of quaternary nitrogens is 1. The van der Waals surface area contributed by atoms with E-state index in [0.29, 0.717) is 6.42 Å². The molecule has 0 saturated heterocycles. The van der Waals surface area contributed by atoms with Crippen LogP contribution in [-0.2, 0) is 14.4 Å². The van der Waals surface area contributed by atoms with Crippen LogP contribution in [0, 0.1) is 0 Å². The van der Waals surface area contributed by atoms with Gasteiger partial charge in [-0.2, -0.15) is 0 Å². The molecular formula is C12H23NO6. The van der Waals surface area contributed by atoms with E-state index in [-0.39, 0.29) is 6.42 Å². The van der Waals surface area contributed by atoms with Crippen LogP contribution in [0.25, 0.3) is 0 Å². The minimum Gasteiger partial charge on any atom is -0.550 e. The summed E-state index contributed by atoms with van der Waals surface area (Å²) in [6.45, 7) is 4.11. The number of carbonyl (C=O) groups is 3. The number of carbonyl (C=O) groups excluding carboxylic acids is 1. The van der Waals surface area contributed by atoms with Crippen LogP contribution in [0.15, 0.2) is 0 Å². The molecule has 7 heteroatoms. The standard InChI is InChI=1S/C8H17NO2.C4H6O4/c1-4-9(2,3)7-5-6-8(10)11;5-3(6)1-2-4(7)8/h4-7H2,1-3H3;1-2H2,(H,5,6)(H,7,8). The maximum atomic E-state index is 10.2. The third kappa shape index (κ3) is 18.9. The number of carboxylic acids is 3. The highest BCUT2D eigenvalue weighted by Gasteiger charge is 2.11. The highest BCUT2D eigenvalue weighted by molar-refractivity contribution is 5.74. The van der Waals surface area contributed by atoms with Gasteiger partial charge < -0.3 is 24.6 Å². The van der Waals surface area contributed by atoms with Crippen LogP contribution < -0.4 is 5.11 Å². The summed E-state index contributed by atoms with van der Waals surface area (Å²) in [4.78, 5) is 29.3. The zero-order valence-electron chi connectivity index (χ0n) is 11.7. The zero-order valence-corrected chi connectivity index (χ0v) is 11.7. The number of rotatable bonds is 8. The molecule has 19 heavy (non-hydrogen) atoms. The van der Waals surface area contributed by atoms with Gasteiger partial charge in [0.25, 0.3) is 0 Å². The lowest BCUT2D eigenvalue weighted by molar-refractivity contribution is -0.888. The van der Waals surface area contributed by atoms with Crippen LogP contribution in [0.4, 0.5) is 0 Å². The lowest BCUT2D eigenvalue weighted by Gasteiger charge is -2.27. The third-order valence-electron chi connectivity index (χ3n) is 2.55. The van der Waals surface area contributed by atoms with Crippen LogP contribution in [0.5, 0.6) is 0 Å². The lowest BCUT2D eigenvalue weighted by atomic mass is 10.3. The van der Waals surface area contributed by atoms with Crippen molar-refractivity contribution in [3.63, 3.8) is 0 Å². The second kappa shape index (κ2) is 10.3. The lowest BCUT2D eigenvalue weighted by Crippen LogP contribution is -2.40. The Morgan fingerprint density at radius 2 is 1.47 bits per heavy atom. The van der Waals surface area contributed by atoms with Gasteiger partial charge in [-0.3, -0.25) is 9.59 Å². The number of hydrogen-bond donors (Lipinski definition) is 2. The Morgan fingerprint density at radius 1 is 1.00 bits per heavy atom. The van der Waals surface area contributed by atoms with Crippen LogP contribution in [0.2, 0.25) is 0 Å². The van der Waals surface area contributed by atoms with Crippen molar-refractivity contribution in [2.24, 2.45) is 0 Å². The van der Waals surface area contributed by atoms with Gasteiger partial charge in [-0.15, -0.1) is 0 Å². The van der Waals surface area contributed by atoms with E-state index in [1.54, 1.807) is 0 Å². The molecule has 0 aliphatic heterocycles. The van der Waals surface area contributed by atoms with E-state index < -0.39 is 24.3 Å². The monoisotopic (exact) mass is 277 g/mol. The summed E-state index contributed by atoms with van der Waals surface area (Å²) in [6.07, 6.45) is 0.301. The molecule has 7 nitrogen and oxygen atoms in total. The maximum absolute atomic E-state index is 10.2. The van der Waals surface area contributed by atoms with Gasteiger partial charge in [0.15, 0.2) is 0 Å². The van der Waals surface area contributed by atoms with Gasteiger partial charge in [0.05, 0.1) is 40.0 Å². The molecule has 0 aliphatic carbocycles. The van der Waals surface area contributed by atoms with Gasteiger partial charge >= 0.3 is 11.9 Å². The van der Waals surface area contributed by atoms with Crippen molar-refractivity contribution in [3.05, 3.63) is 0 Å². The summed E-state index contributed by atoms with van der Waals surface area (Å²) in [5.74, 6) is -3.14. The highest BCUT2D eigenvalue weighted by atomic mass is 16.4. The van der Waals surface area contributed by atoms with Crippen molar-refractivity contribution in [1.29, 1.82) is 0 Å². The third-order valence-corrected chi connectivity index (χ3v) is 2.55. The van der Waals surface area contributed by atoms with E-state index in [4.69, 9.17) is 10.2 Å². The molecule has 112 valence electrons. The highest BCUT2D eigenvalue weighted by Crippen LogP contribution is 2.00. The fraction of sp³-hybridized carbons (Fsp3) is 0.750. The number of nitrogens with zero attached hydrogens (tertiary/aromatic N) is 1. The quantitative estimate of drug-likeness (QED) is 0.581. The molecule has 0 unspecified atom stereocenters. The molecule has 0 heterocycles. The van der Waals surface area contributed by atoms with Gasteiger partial charge in [0.2, 0.25) is 0 Å². The molecule has 0 rings (SSSR count). The van der Waals surface area contributed by atoms with Crippen LogP contribution >= 0.6 is 0 Å². The van der Waals surface area contributed by atoms with Gasteiger partial charge in [0, 0.05) is 12.4 Å². The van der Waals surface area contributed by atoms with E-state index in [0.717, 1.165) is 24.0 Å². The molecule has 0 amide bonds. The van der Waals surface area contributed by atoms with Crippen molar-refractivity contribution >= 4 is 17.9 Å². The number of aliphatic carboxylic acids is 3. The molecule has 0 spiro atoms. The molecule has 0 fully saturated rings. The molecule has 0 aromatic heterocycles. The van der Waals surface area contributed by atoms with Crippen molar-refractivity contribution < 1.29 is 34.2 Å². The second-order valence-corrected chi connectivity index (χ2v) is 4.74. The van der Waals surface area contributed by atoms with E-state index in [1.165, 1.54) is 0 Å². The smallest absolute Gasteiger partial charge is 0.303 e. The Bertz CT molecular complexity index is 287. The average Bonchev–Trinajstić information content (AvgIpc) is 2.26. The molecule has 2 N–H and O–H groups in total. The van der Waals surface area contributed by atoms with Crippen LogP contribution in [0.1, 0.15) is 32.6 Å². The van der Waals surface area contributed by atoms with Gasteiger partial charge in [0.1, 0.15) is 0 Å². The number of carboxylic acid groups (broad SMARTS) is 3. The molecule has 0 radical (unpaired) electrons. The van der Waals surface area contributed by atoms with Gasteiger partial charge in [-0.1, -0.05) is 0 Å². The Balaban J connectivity index is 0. The van der Waals surface area contributed by atoms with Crippen LogP contribution in [0.3, 0.4) is 0 Å². The van der Waals surface area contributed by atoms with Crippen molar-refractivity contribution in [2.75, 3.05) is 27.2 Å². The summed E-state index contributed by atoms with van der Waals surface area (Å²) in [5.41, 5.74) is 0. The van der Waals surface area contributed by atoms with E-state index in [1.807, 2.05) is 0 Å². The predicted molar refractivity (Wildman–Crippen MR) is 66.3 cm³/mol. The predicted octanol–water partition coefficient (Wildman–Crippen LogP) is -0.451. The average molecular weight is 277 g/mol. The molecule has 0 atom stereocenters. The van der Waals surface area contributed by atoms with Crippen molar-refractivity contribution in [3.8, 4) is 0 Å². The molecular weight excluding hydrogens is 254 g/mol. The summed E-state index contributed by atoms with van der Waals surface area (Å²) in [6, 6.07) is 0. The van der Waals surface area contributed by atoms with Crippen molar-refractivity contribution in [1.82, 2.24) is 0 Å². The second-order valence-electron chi connectivity index (χ2n) is 4.74. The molecule has 0 saturated carbocycles. The van der Waals surface area contributed by atoms with E-state index in [2.05, 4.69) is 21.0 Å². The Kier molecular flexibility index (Phi) is 10.7. The molecule has 0 aromatic rings. The van der Waals surface area contributed by atoms with Gasteiger partial charge in [-0.25, -0.2) is 0 Å². The minimum absolute atomic E-state index is 0.293. The van der Waals surface area contributed by atoms with Gasteiger partial charge in [-0.05, 0) is 13.3 Å². The first-order valence-corrected chi connectivity index (χ1v) is 6.06. The fourth-order valence-corrected chi connectivity index (χ4v) is 1.03. The zero-order chi connectivity index (χ0) is 15.5. The normalized spacial score (nSPS) is 10.3. The van der Waals surface area contributed by atoms with Crippen molar-refractivity contribution in [2.45, 2.75) is 32.6 Å². The first-order valence-electron chi connectivity index (χ1n) is 6.06. The molecule has 0 bridgehead atoms. The summed E-state index contributed by atoms with van der Waals surface area (Å²) < 4.78 is 0.910. The number of hydrogen-bond acceptors (Lipinski definition) is 4. The largest absolute Gasteiger partial charge is 0.550 e. The Labute approximate surface area is 113 Å². The summed E-state index contributed by atoms with van der Waals surface area (Å²) >= 11 is 0. The Hall–Kier alpha value is -1.63. The van der Waals surface area contributed by atoms with E-state index in [9.17, 15) is 19.5 Å². The Morgan fingerprint density at radius 3 is 1.74 bits per heavy atom. The fourth-order valence-electron chi connectivity index (χ4n) is 1.03. The molecule has 0 aromatic carbocycles. The maximum Gasteiger partial charge on any atom is 0.303 e. The minimum atomic E-state index is -1.33.